The smallest absolute Gasteiger partial charge is 0.248 e. The second-order valence-electron chi connectivity index (χ2n) is 4.07. The van der Waals surface area contributed by atoms with Crippen molar-refractivity contribution in [2.45, 2.75) is 20.3 Å². The van der Waals surface area contributed by atoms with Crippen LogP contribution in [0.3, 0.4) is 0 Å². The molecular formula is C12H20N2O2. The molecule has 0 radical (unpaired) electrons. The van der Waals surface area contributed by atoms with Gasteiger partial charge in [-0.2, -0.15) is 0 Å². The first-order chi connectivity index (χ1) is 7.60. The molecule has 1 amide bonds. The first-order valence-corrected chi connectivity index (χ1v) is 5.49. The van der Waals surface area contributed by atoms with Gasteiger partial charge in [-0.05, 0) is 25.8 Å². The van der Waals surface area contributed by atoms with Crippen LogP contribution < -0.4 is 0 Å². The average molecular weight is 224 g/mol. The second-order valence-corrected chi connectivity index (χ2v) is 4.07. The highest BCUT2D eigenvalue weighted by Gasteiger charge is 2.21. The number of hydrogen-bond acceptors (Lipinski definition) is 3. The lowest BCUT2D eigenvalue weighted by molar-refractivity contribution is -0.134. The van der Waals surface area contributed by atoms with Gasteiger partial charge in [0.1, 0.15) is 6.61 Å². The molecule has 0 fully saturated rings. The number of methoxy groups -OCH3 is 1. The van der Waals surface area contributed by atoms with Crippen molar-refractivity contribution >= 4 is 11.6 Å². The van der Waals surface area contributed by atoms with Crippen LogP contribution in [0.15, 0.2) is 16.1 Å². The molecule has 0 atom stereocenters. The van der Waals surface area contributed by atoms with E-state index in [0.717, 1.165) is 18.7 Å². The number of amides is 1. The maximum atomic E-state index is 11.7. The Morgan fingerprint density at radius 1 is 1.56 bits per heavy atom. The summed E-state index contributed by atoms with van der Waals surface area (Å²) in [6.07, 6.45) is 0.928. The number of carbonyl (C=O) groups excluding carboxylic acids is 1. The molecule has 0 N–H and O–H groups in total. The number of hydrogen-bond donors (Lipinski definition) is 0. The summed E-state index contributed by atoms with van der Waals surface area (Å²) in [7, 11) is 3.33. The van der Waals surface area contributed by atoms with Gasteiger partial charge in [0.15, 0.2) is 0 Å². The van der Waals surface area contributed by atoms with Crippen molar-refractivity contribution in [3.05, 3.63) is 11.1 Å². The van der Waals surface area contributed by atoms with E-state index >= 15 is 0 Å². The largest absolute Gasteiger partial charge is 0.375 e. The molecule has 0 spiro atoms. The first-order valence-electron chi connectivity index (χ1n) is 5.49. The van der Waals surface area contributed by atoms with E-state index in [1.807, 2.05) is 11.8 Å². The average Bonchev–Trinajstić information content (AvgIpc) is 2.29. The van der Waals surface area contributed by atoms with E-state index in [2.05, 4.69) is 11.9 Å². The summed E-state index contributed by atoms with van der Waals surface area (Å²) in [6, 6.07) is 0. The minimum absolute atomic E-state index is 0.0522. The van der Waals surface area contributed by atoms with Gasteiger partial charge in [0.05, 0.1) is 0 Å². The number of aliphatic imine (C=N–C) groups is 1. The van der Waals surface area contributed by atoms with Crippen LogP contribution in [0, 0.1) is 0 Å². The third-order valence-corrected chi connectivity index (χ3v) is 3.01. The summed E-state index contributed by atoms with van der Waals surface area (Å²) in [4.78, 5) is 17.7. The maximum absolute atomic E-state index is 11.7. The molecule has 0 aliphatic carbocycles. The molecule has 0 aromatic carbocycles. The van der Waals surface area contributed by atoms with Crippen molar-refractivity contribution in [3.8, 4) is 0 Å². The van der Waals surface area contributed by atoms with E-state index in [1.165, 1.54) is 11.1 Å². The van der Waals surface area contributed by atoms with E-state index < -0.39 is 0 Å². The van der Waals surface area contributed by atoms with Gasteiger partial charge in [0.25, 0.3) is 0 Å². The van der Waals surface area contributed by atoms with Crippen molar-refractivity contribution in [1.29, 1.82) is 0 Å². The molecule has 1 aliphatic rings. The minimum atomic E-state index is 0.0522. The molecule has 4 heteroatoms. The lowest BCUT2D eigenvalue weighted by Gasteiger charge is -2.29. The van der Waals surface area contributed by atoms with Crippen LogP contribution in [-0.2, 0) is 9.53 Å². The molecule has 4 nitrogen and oxygen atoms in total. The molecule has 0 saturated carbocycles. The summed E-state index contributed by atoms with van der Waals surface area (Å²) in [5.41, 5.74) is 3.55. The standard InChI is InChI=1S/C12H20N2O2/c1-9-5-6-14(12(15)8-16-4)7-11(9)10(2)13-3/h5-8H2,1-4H3. The Morgan fingerprint density at radius 2 is 2.25 bits per heavy atom. The first kappa shape index (κ1) is 12.9. The van der Waals surface area contributed by atoms with Gasteiger partial charge >= 0.3 is 0 Å². The van der Waals surface area contributed by atoms with Crippen LogP contribution in [0.4, 0.5) is 0 Å². The fourth-order valence-corrected chi connectivity index (χ4v) is 1.84. The topological polar surface area (TPSA) is 41.9 Å². The molecule has 0 aromatic rings. The highest BCUT2D eigenvalue weighted by Crippen LogP contribution is 2.18. The van der Waals surface area contributed by atoms with Crippen LogP contribution in [0.1, 0.15) is 20.3 Å². The predicted molar refractivity (Wildman–Crippen MR) is 64.8 cm³/mol. The van der Waals surface area contributed by atoms with Gasteiger partial charge in [-0.15, -0.1) is 0 Å². The van der Waals surface area contributed by atoms with E-state index in [-0.39, 0.29) is 12.5 Å². The predicted octanol–water partition coefficient (Wildman–Crippen LogP) is 1.27. The van der Waals surface area contributed by atoms with Gasteiger partial charge in [-0.3, -0.25) is 9.79 Å². The molecule has 0 saturated heterocycles. The molecular weight excluding hydrogens is 204 g/mol. The highest BCUT2D eigenvalue weighted by molar-refractivity contribution is 6.00. The van der Waals surface area contributed by atoms with Gasteiger partial charge in [-0.25, -0.2) is 0 Å². The number of nitrogens with zero attached hydrogens (tertiary/aromatic N) is 2. The second kappa shape index (κ2) is 5.80. The van der Waals surface area contributed by atoms with Crippen molar-refractivity contribution in [2.24, 2.45) is 4.99 Å². The third kappa shape index (κ3) is 2.92. The Labute approximate surface area is 97.0 Å². The van der Waals surface area contributed by atoms with Gasteiger partial charge < -0.3 is 9.64 Å². The normalized spacial score (nSPS) is 18.0. The molecule has 1 aliphatic heterocycles. The maximum Gasteiger partial charge on any atom is 0.248 e. The summed E-state index contributed by atoms with van der Waals surface area (Å²) in [6.45, 7) is 5.71. The van der Waals surface area contributed by atoms with Crippen LogP contribution in [0.2, 0.25) is 0 Å². The molecule has 1 rings (SSSR count). The van der Waals surface area contributed by atoms with E-state index in [4.69, 9.17) is 4.74 Å². The van der Waals surface area contributed by atoms with Crippen molar-refractivity contribution < 1.29 is 9.53 Å². The fourth-order valence-electron chi connectivity index (χ4n) is 1.84. The Balaban J connectivity index is 2.76. The number of carbonyl (C=O) groups is 1. The van der Waals surface area contributed by atoms with Gasteiger partial charge in [0, 0.05) is 33.0 Å². The summed E-state index contributed by atoms with van der Waals surface area (Å²) < 4.78 is 4.87. The van der Waals surface area contributed by atoms with Crippen molar-refractivity contribution in [1.82, 2.24) is 4.90 Å². The van der Waals surface area contributed by atoms with Crippen LogP contribution >= 0.6 is 0 Å². The van der Waals surface area contributed by atoms with Crippen molar-refractivity contribution in [2.75, 3.05) is 33.9 Å². The van der Waals surface area contributed by atoms with Crippen molar-refractivity contribution in [3.63, 3.8) is 0 Å². The molecule has 16 heavy (non-hydrogen) atoms. The Hall–Kier alpha value is -1.16. The minimum Gasteiger partial charge on any atom is -0.375 e. The fraction of sp³-hybridized carbons (Fsp3) is 0.667. The zero-order chi connectivity index (χ0) is 12.1. The Kier molecular flexibility index (Phi) is 4.68. The van der Waals surface area contributed by atoms with E-state index in [1.54, 1.807) is 14.2 Å². The summed E-state index contributed by atoms with van der Waals surface area (Å²) in [5.74, 6) is 0.0522. The monoisotopic (exact) mass is 224 g/mol. The molecule has 0 unspecified atom stereocenters. The summed E-state index contributed by atoms with van der Waals surface area (Å²) in [5, 5.41) is 0. The Morgan fingerprint density at radius 3 is 2.81 bits per heavy atom. The zero-order valence-corrected chi connectivity index (χ0v) is 10.5. The van der Waals surface area contributed by atoms with E-state index in [0.29, 0.717) is 6.54 Å². The van der Waals surface area contributed by atoms with Crippen LogP contribution in [-0.4, -0.2) is 50.4 Å². The lowest BCUT2D eigenvalue weighted by Crippen LogP contribution is -2.40. The zero-order valence-electron chi connectivity index (χ0n) is 10.5. The van der Waals surface area contributed by atoms with Crippen LogP contribution in [0.5, 0.6) is 0 Å². The highest BCUT2D eigenvalue weighted by atomic mass is 16.5. The summed E-state index contributed by atoms with van der Waals surface area (Å²) >= 11 is 0. The SMILES string of the molecule is CN=C(C)C1=C(C)CCN(C(=O)COC)C1. The molecule has 90 valence electrons. The molecule has 1 heterocycles. The molecule has 0 aromatic heterocycles. The number of ether oxygens (including phenoxy) is 1. The van der Waals surface area contributed by atoms with Crippen LogP contribution in [0.25, 0.3) is 0 Å². The Bertz CT molecular complexity index is 332. The quantitative estimate of drug-likeness (QED) is 0.677. The van der Waals surface area contributed by atoms with E-state index in [9.17, 15) is 4.79 Å². The lowest BCUT2D eigenvalue weighted by atomic mass is 9.98. The van der Waals surface area contributed by atoms with Gasteiger partial charge in [0.2, 0.25) is 5.91 Å². The molecule has 0 bridgehead atoms. The number of rotatable bonds is 3. The van der Waals surface area contributed by atoms with Gasteiger partial charge in [-0.1, -0.05) is 5.57 Å². The third-order valence-electron chi connectivity index (χ3n) is 3.01.